The second-order valence-corrected chi connectivity index (χ2v) is 12.7. The molecule has 7 nitrogen and oxygen atoms in total. The van der Waals surface area contributed by atoms with E-state index in [1.165, 1.54) is 0 Å². The molecule has 194 valence electrons. The number of rotatable bonds is 2. The van der Waals surface area contributed by atoms with E-state index in [4.69, 9.17) is 0 Å². The molecule has 1 fully saturated rings. The van der Waals surface area contributed by atoms with Crippen LogP contribution < -0.4 is 0 Å². The van der Waals surface area contributed by atoms with Crippen molar-refractivity contribution in [1.29, 1.82) is 0 Å². The van der Waals surface area contributed by atoms with Crippen molar-refractivity contribution in [3.63, 3.8) is 0 Å². The monoisotopic (exact) mass is 496 g/mol. The van der Waals surface area contributed by atoms with Crippen molar-refractivity contribution < 1.29 is 34.8 Å². The van der Waals surface area contributed by atoms with E-state index < -0.39 is 62.2 Å². The second-order valence-electron chi connectivity index (χ2n) is 12.7. The van der Waals surface area contributed by atoms with Crippen LogP contribution in [0.25, 0.3) is 5.76 Å². The van der Waals surface area contributed by atoms with Gasteiger partial charge in [-0.05, 0) is 36.7 Å². The van der Waals surface area contributed by atoms with Gasteiger partial charge >= 0.3 is 0 Å². The molecule has 1 aromatic carbocycles. The number of hydrogen-bond donors (Lipinski definition) is 4. The van der Waals surface area contributed by atoms with Crippen LogP contribution in [0, 0.1) is 22.7 Å². The molecule has 1 saturated carbocycles. The van der Waals surface area contributed by atoms with E-state index in [1.807, 2.05) is 32.9 Å². The highest BCUT2D eigenvalue weighted by molar-refractivity contribution is 6.24. The number of hydrogen-bond acceptors (Lipinski definition) is 7. The van der Waals surface area contributed by atoms with E-state index in [9.17, 15) is 34.8 Å². The molecule has 0 saturated heterocycles. The minimum absolute atomic E-state index is 0.0900. The molecule has 1 unspecified atom stereocenters. The summed E-state index contributed by atoms with van der Waals surface area (Å²) in [6.07, 6.45) is 0.368. The largest absolute Gasteiger partial charge is 0.508 e. The van der Waals surface area contributed by atoms with Crippen molar-refractivity contribution in [2.24, 2.45) is 22.7 Å². The third-order valence-electron chi connectivity index (χ3n) is 8.68. The van der Waals surface area contributed by atoms with E-state index in [0.717, 1.165) is 6.92 Å². The van der Waals surface area contributed by atoms with Crippen molar-refractivity contribution in [1.82, 2.24) is 0 Å². The summed E-state index contributed by atoms with van der Waals surface area (Å²) in [5.74, 6) is -5.07. The van der Waals surface area contributed by atoms with Crippen LogP contribution in [-0.4, -0.2) is 43.4 Å². The number of allylic oxidation sites excluding steroid dienone is 1. The van der Waals surface area contributed by atoms with Crippen LogP contribution in [0.15, 0.2) is 29.0 Å². The Morgan fingerprint density at radius 2 is 1.67 bits per heavy atom. The predicted molar refractivity (Wildman–Crippen MR) is 135 cm³/mol. The molecule has 0 aliphatic heterocycles. The first-order valence-electron chi connectivity index (χ1n) is 12.4. The van der Waals surface area contributed by atoms with Crippen molar-refractivity contribution in [3.05, 3.63) is 45.7 Å². The molecule has 0 spiro atoms. The van der Waals surface area contributed by atoms with Crippen LogP contribution in [0.1, 0.15) is 78.5 Å². The van der Waals surface area contributed by atoms with Crippen LogP contribution in [-0.2, 0) is 26.2 Å². The van der Waals surface area contributed by atoms with Gasteiger partial charge in [0.25, 0.3) is 0 Å². The van der Waals surface area contributed by atoms with E-state index in [1.54, 1.807) is 27.7 Å². The molecular formula is C29H36O7. The number of aromatic hydroxyl groups is 1. The van der Waals surface area contributed by atoms with Gasteiger partial charge in [-0.2, -0.15) is 0 Å². The van der Waals surface area contributed by atoms with Crippen LogP contribution in [0.4, 0.5) is 0 Å². The number of carbonyl (C=O) groups is 3. The molecular weight excluding hydrogens is 460 g/mol. The maximum absolute atomic E-state index is 14.2. The lowest BCUT2D eigenvalue weighted by molar-refractivity contribution is -0.178. The smallest absolute Gasteiger partial charge is 0.203 e. The minimum atomic E-state index is -2.59. The zero-order chi connectivity index (χ0) is 27.3. The van der Waals surface area contributed by atoms with E-state index in [0.29, 0.717) is 11.1 Å². The summed E-state index contributed by atoms with van der Waals surface area (Å²) in [4.78, 5) is 40.1. The second kappa shape index (κ2) is 7.54. The maximum atomic E-state index is 14.2. The van der Waals surface area contributed by atoms with Gasteiger partial charge in [-0.3, -0.25) is 14.4 Å². The normalized spacial score (nSPS) is 32.4. The lowest BCUT2D eigenvalue weighted by atomic mass is 9.43. The summed E-state index contributed by atoms with van der Waals surface area (Å²) in [7, 11) is 0. The topological polar surface area (TPSA) is 132 Å². The van der Waals surface area contributed by atoms with Crippen molar-refractivity contribution in [2.75, 3.05) is 0 Å². The van der Waals surface area contributed by atoms with Gasteiger partial charge in [0.15, 0.2) is 17.2 Å². The summed E-state index contributed by atoms with van der Waals surface area (Å²) >= 11 is 0. The van der Waals surface area contributed by atoms with Crippen LogP contribution in [0.5, 0.6) is 5.75 Å². The molecule has 3 aliphatic carbocycles. The van der Waals surface area contributed by atoms with Gasteiger partial charge in [0.05, 0.1) is 5.56 Å². The van der Waals surface area contributed by atoms with E-state index >= 15 is 0 Å². The lowest BCUT2D eigenvalue weighted by Gasteiger charge is -2.59. The number of fused-ring (bicyclic) bond motifs is 3. The van der Waals surface area contributed by atoms with Crippen molar-refractivity contribution in [2.45, 2.75) is 79.2 Å². The summed E-state index contributed by atoms with van der Waals surface area (Å²) in [5.41, 5.74) is -4.76. The first kappa shape index (κ1) is 26.1. The van der Waals surface area contributed by atoms with Gasteiger partial charge in [-0.15, -0.1) is 0 Å². The van der Waals surface area contributed by atoms with Crippen LogP contribution >= 0.6 is 0 Å². The predicted octanol–water partition coefficient (Wildman–Crippen LogP) is 4.49. The van der Waals surface area contributed by atoms with Gasteiger partial charge in [-0.25, -0.2) is 0 Å². The SMILES string of the molecule is CC(=O)C1=C(O)[C@]2(O)C(=O)C3=C(O)c4c(ccc(C(C)(C)C)c4O)C[C@]3(C)C[C@]2(C)C(C(C)C)C1=O. The number of aliphatic hydroxyl groups is 3. The first-order chi connectivity index (χ1) is 16.3. The van der Waals surface area contributed by atoms with Crippen LogP contribution in [0.3, 0.4) is 0 Å². The summed E-state index contributed by atoms with van der Waals surface area (Å²) in [6, 6.07) is 3.64. The molecule has 0 amide bonds. The number of ketones is 3. The Labute approximate surface area is 211 Å². The quantitative estimate of drug-likeness (QED) is 0.444. The fraction of sp³-hybridized carbons (Fsp3) is 0.552. The number of phenols is 1. The Morgan fingerprint density at radius 1 is 1.08 bits per heavy atom. The van der Waals surface area contributed by atoms with Crippen LogP contribution in [0.2, 0.25) is 0 Å². The molecule has 1 aromatic rings. The number of carbonyl (C=O) groups excluding carboxylic acids is 3. The fourth-order valence-corrected chi connectivity index (χ4v) is 7.31. The Hall–Kier alpha value is -2.93. The number of aliphatic hydroxyl groups excluding tert-OH is 2. The number of Topliss-reactive ketones (excluding diaryl/α,β-unsaturated/α-hetero) is 3. The average molecular weight is 497 g/mol. The zero-order valence-corrected chi connectivity index (χ0v) is 22.2. The highest BCUT2D eigenvalue weighted by Gasteiger charge is 2.72. The standard InChI is InChI=1S/C29H36O7/c1-13(2)19-22(32)17(14(3)30)24(34)29(36)25(35)20-23(33)18-15(11-27(20,7)12-28(19,29)8)9-10-16(21(18)31)26(4,5)6/h9-10,13,19,31,33-34,36H,11-12H2,1-8H3/t19?,27-,28-,29+/m1/s1. The van der Waals surface area contributed by atoms with Gasteiger partial charge < -0.3 is 20.4 Å². The Kier molecular flexibility index (Phi) is 5.48. The number of benzene rings is 1. The highest BCUT2D eigenvalue weighted by atomic mass is 16.3. The molecule has 0 radical (unpaired) electrons. The molecule has 0 heterocycles. The first-order valence-corrected chi connectivity index (χ1v) is 12.4. The molecule has 0 bridgehead atoms. The van der Waals surface area contributed by atoms with Gasteiger partial charge in [-0.1, -0.05) is 60.6 Å². The maximum Gasteiger partial charge on any atom is 0.203 e. The van der Waals surface area contributed by atoms with E-state index in [-0.39, 0.29) is 35.6 Å². The Balaban J connectivity index is 2.07. The number of phenolic OH excluding ortho intramolecular Hbond substituents is 1. The zero-order valence-electron chi connectivity index (χ0n) is 22.2. The molecule has 0 aromatic heterocycles. The molecule has 7 heteroatoms. The third-order valence-corrected chi connectivity index (χ3v) is 8.68. The summed E-state index contributed by atoms with van der Waals surface area (Å²) in [5, 5.41) is 45.9. The third kappa shape index (κ3) is 3.04. The van der Waals surface area contributed by atoms with Crippen molar-refractivity contribution in [3.8, 4) is 5.75 Å². The van der Waals surface area contributed by atoms with Gasteiger partial charge in [0, 0.05) is 27.9 Å². The Morgan fingerprint density at radius 3 is 2.17 bits per heavy atom. The molecule has 4 rings (SSSR count). The Bertz CT molecular complexity index is 1290. The summed E-state index contributed by atoms with van der Waals surface area (Å²) in [6.45, 7) is 13.8. The van der Waals surface area contributed by atoms with Gasteiger partial charge in [0.1, 0.15) is 22.8 Å². The minimum Gasteiger partial charge on any atom is -0.508 e. The summed E-state index contributed by atoms with van der Waals surface area (Å²) < 4.78 is 0. The fourth-order valence-electron chi connectivity index (χ4n) is 7.31. The average Bonchev–Trinajstić information content (AvgIpc) is 2.69. The van der Waals surface area contributed by atoms with Crippen molar-refractivity contribution >= 4 is 23.1 Å². The highest BCUT2D eigenvalue weighted by Crippen LogP contribution is 2.65. The molecule has 3 aliphatic rings. The van der Waals surface area contributed by atoms with Gasteiger partial charge in [0.2, 0.25) is 5.78 Å². The lowest BCUT2D eigenvalue weighted by Crippen LogP contribution is -2.69. The molecule has 4 atom stereocenters. The van der Waals surface area contributed by atoms with E-state index in [2.05, 4.69) is 0 Å². The molecule has 36 heavy (non-hydrogen) atoms. The molecule has 4 N–H and O–H groups in total.